The molecule has 0 unspecified atom stereocenters. The number of aliphatic carboxylic acids is 1. The number of hydrogen-bond acceptors (Lipinski definition) is 1. The Labute approximate surface area is 102 Å². The minimum absolute atomic E-state index is 0.766. The molecular formula is C15H18O2. The number of rotatable bonds is 2. The minimum atomic E-state index is -0.817. The molecule has 0 heterocycles. The Morgan fingerprint density at radius 2 is 2.06 bits per heavy atom. The monoisotopic (exact) mass is 230 g/mol. The van der Waals surface area contributed by atoms with E-state index in [9.17, 15) is 9.90 Å². The average Bonchev–Trinajstić information content (AvgIpc) is 2.28. The molecule has 1 N–H and O–H groups in total. The number of aryl methyl sites for hydroxylation is 1. The van der Waals surface area contributed by atoms with Gasteiger partial charge in [0.1, 0.15) is 0 Å². The van der Waals surface area contributed by atoms with Crippen LogP contribution in [0.15, 0.2) is 24.3 Å². The number of carboxylic acids is 1. The quantitative estimate of drug-likeness (QED) is 0.845. The van der Waals surface area contributed by atoms with Gasteiger partial charge in [-0.2, -0.15) is 0 Å². The molecule has 0 spiro atoms. The molecule has 1 aliphatic carbocycles. The highest BCUT2D eigenvalue weighted by molar-refractivity contribution is 5.92. The number of benzene rings is 1. The highest BCUT2D eigenvalue weighted by Gasteiger charge is 2.34. The maximum Gasteiger partial charge on any atom is 0.313 e. The molecule has 1 aromatic rings. The predicted molar refractivity (Wildman–Crippen MR) is 68.9 cm³/mol. The summed E-state index contributed by atoms with van der Waals surface area (Å²) in [7, 11) is 0. The first-order chi connectivity index (χ1) is 7.94. The number of fused-ring (bicyclic) bond motifs is 1. The van der Waals surface area contributed by atoms with Crippen LogP contribution in [0.3, 0.4) is 0 Å². The van der Waals surface area contributed by atoms with Crippen molar-refractivity contribution in [2.75, 3.05) is 0 Å². The fourth-order valence-corrected chi connectivity index (χ4v) is 2.46. The lowest BCUT2D eigenvalue weighted by Gasteiger charge is -2.29. The zero-order valence-electron chi connectivity index (χ0n) is 10.6. The summed E-state index contributed by atoms with van der Waals surface area (Å²) in [4.78, 5) is 11.4. The van der Waals surface area contributed by atoms with Crippen LogP contribution in [0.2, 0.25) is 0 Å². The first-order valence-corrected chi connectivity index (χ1v) is 5.97. The molecule has 0 aromatic heterocycles. The van der Waals surface area contributed by atoms with Gasteiger partial charge in [-0.1, -0.05) is 24.3 Å². The highest BCUT2D eigenvalue weighted by Crippen LogP contribution is 2.40. The van der Waals surface area contributed by atoms with Crippen molar-refractivity contribution in [2.45, 2.75) is 33.6 Å². The van der Waals surface area contributed by atoms with Crippen molar-refractivity contribution in [1.82, 2.24) is 0 Å². The van der Waals surface area contributed by atoms with Gasteiger partial charge in [0.05, 0.1) is 5.41 Å². The fourth-order valence-electron chi connectivity index (χ4n) is 2.46. The van der Waals surface area contributed by atoms with E-state index in [-0.39, 0.29) is 0 Å². The Morgan fingerprint density at radius 3 is 2.71 bits per heavy atom. The summed E-state index contributed by atoms with van der Waals surface area (Å²) in [6.07, 6.45) is 4.03. The Bertz CT molecular complexity index is 496. The summed E-state index contributed by atoms with van der Waals surface area (Å²) in [6.45, 7) is 5.65. The van der Waals surface area contributed by atoms with Crippen LogP contribution in [0.5, 0.6) is 0 Å². The molecule has 2 heteroatoms. The molecule has 0 aliphatic heterocycles. The molecule has 90 valence electrons. The van der Waals surface area contributed by atoms with Crippen LogP contribution < -0.4 is 0 Å². The van der Waals surface area contributed by atoms with E-state index in [1.54, 1.807) is 13.8 Å². The highest BCUT2D eigenvalue weighted by atomic mass is 16.4. The third-order valence-corrected chi connectivity index (χ3v) is 3.65. The predicted octanol–water partition coefficient (Wildman–Crippen LogP) is 3.44. The molecule has 0 bridgehead atoms. The van der Waals surface area contributed by atoms with Crippen LogP contribution >= 0.6 is 0 Å². The zero-order chi connectivity index (χ0) is 12.6. The van der Waals surface area contributed by atoms with Crippen LogP contribution in [0, 0.1) is 12.3 Å². The van der Waals surface area contributed by atoms with E-state index in [0.717, 1.165) is 24.0 Å². The molecule has 17 heavy (non-hydrogen) atoms. The maximum atomic E-state index is 11.4. The van der Waals surface area contributed by atoms with E-state index in [1.165, 1.54) is 11.1 Å². The number of carboxylic acid groups (broad SMARTS) is 1. The van der Waals surface area contributed by atoms with Gasteiger partial charge < -0.3 is 5.11 Å². The van der Waals surface area contributed by atoms with Crippen molar-refractivity contribution < 1.29 is 9.90 Å². The lowest BCUT2D eigenvalue weighted by atomic mass is 9.74. The SMILES string of the molecule is Cc1cccc2c1CCC=C2C(C)(C)C(=O)O. The summed E-state index contributed by atoms with van der Waals surface area (Å²) < 4.78 is 0. The molecule has 0 fully saturated rings. The molecule has 2 rings (SSSR count). The van der Waals surface area contributed by atoms with Crippen LogP contribution in [-0.4, -0.2) is 11.1 Å². The minimum Gasteiger partial charge on any atom is -0.481 e. The summed E-state index contributed by atoms with van der Waals surface area (Å²) in [5, 5.41) is 9.35. The Hall–Kier alpha value is -1.57. The van der Waals surface area contributed by atoms with Gasteiger partial charge in [0.2, 0.25) is 0 Å². The molecule has 0 radical (unpaired) electrons. The van der Waals surface area contributed by atoms with E-state index < -0.39 is 11.4 Å². The van der Waals surface area contributed by atoms with E-state index >= 15 is 0 Å². The van der Waals surface area contributed by atoms with Gasteiger partial charge in [0, 0.05) is 0 Å². The van der Waals surface area contributed by atoms with E-state index in [2.05, 4.69) is 19.1 Å². The van der Waals surface area contributed by atoms with Gasteiger partial charge in [0.25, 0.3) is 0 Å². The van der Waals surface area contributed by atoms with Crippen LogP contribution in [0.4, 0.5) is 0 Å². The third kappa shape index (κ3) is 1.88. The van der Waals surface area contributed by atoms with Crippen molar-refractivity contribution in [3.63, 3.8) is 0 Å². The van der Waals surface area contributed by atoms with Gasteiger partial charge in [-0.25, -0.2) is 0 Å². The summed E-state index contributed by atoms with van der Waals surface area (Å²) >= 11 is 0. The molecule has 1 aromatic carbocycles. The molecule has 0 saturated carbocycles. The van der Waals surface area contributed by atoms with Gasteiger partial charge in [-0.3, -0.25) is 4.79 Å². The second kappa shape index (κ2) is 4.02. The lowest BCUT2D eigenvalue weighted by Crippen LogP contribution is -2.27. The third-order valence-electron chi connectivity index (χ3n) is 3.65. The Kier molecular flexibility index (Phi) is 2.82. The number of hydrogen-bond donors (Lipinski definition) is 1. The van der Waals surface area contributed by atoms with Gasteiger partial charge in [-0.05, 0) is 55.9 Å². The topological polar surface area (TPSA) is 37.3 Å². The molecule has 0 saturated heterocycles. The Balaban J connectivity index is 2.57. The van der Waals surface area contributed by atoms with Crippen LogP contribution in [0.1, 0.15) is 37.0 Å². The zero-order valence-corrected chi connectivity index (χ0v) is 10.6. The smallest absolute Gasteiger partial charge is 0.313 e. The fraction of sp³-hybridized carbons (Fsp3) is 0.400. The molecule has 2 nitrogen and oxygen atoms in total. The van der Waals surface area contributed by atoms with Gasteiger partial charge in [0.15, 0.2) is 0 Å². The molecular weight excluding hydrogens is 212 g/mol. The van der Waals surface area contributed by atoms with Crippen molar-refractivity contribution in [1.29, 1.82) is 0 Å². The van der Waals surface area contributed by atoms with Crippen molar-refractivity contribution in [3.05, 3.63) is 41.0 Å². The normalized spacial score (nSPS) is 15.1. The second-order valence-electron chi connectivity index (χ2n) is 5.19. The molecule has 1 aliphatic rings. The summed E-state index contributed by atoms with van der Waals surface area (Å²) in [5.41, 5.74) is 3.82. The van der Waals surface area contributed by atoms with Crippen molar-refractivity contribution in [3.8, 4) is 0 Å². The van der Waals surface area contributed by atoms with Crippen molar-refractivity contribution >= 4 is 11.5 Å². The summed E-state index contributed by atoms with van der Waals surface area (Å²) in [5.74, 6) is -0.766. The second-order valence-corrected chi connectivity index (χ2v) is 5.19. The van der Waals surface area contributed by atoms with Crippen LogP contribution in [0.25, 0.3) is 5.57 Å². The van der Waals surface area contributed by atoms with Crippen LogP contribution in [-0.2, 0) is 11.2 Å². The number of allylic oxidation sites excluding steroid dienone is 1. The summed E-state index contributed by atoms with van der Waals surface area (Å²) in [6, 6.07) is 6.14. The molecule has 0 atom stereocenters. The maximum absolute atomic E-state index is 11.4. The molecule has 0 amide bonds. The van der Waals surface area contributed by atoms with E-state index in [4.69, 9.17) is 0 Å². The largest absolute Gasteiger partial charge is 0.481 e. The lowest BCUT2D eigenvalue weighted by molar-refractivity contribution is -0.143. The van der Waals surface area contributed by atoms with E-state index in [0.29, 0.717) is 0 Å². The average molecular weight is 230 g/mol. The number of carbonyl (C=O) groups is 1. The Morgan fingerprint density at radius 1 is 1.35 bits per heavy atom. The first-order valence-electron chi connectivity index (χ1n) is 5.97. The first kappa shape index (κ1) is 11.9. The van der Waals surface area contributed by atoms with Gasteiger partial charge in [-0.15, -0.1) is 0 Å². The standard InChI is InChI=1S/C15H18O2/c1-10-6-4-8-12-11(10)7-5-9-13(12)15(2,3)14(16)17/h4,6,8-9H,5,7H2,1-3H3,(H,16,17). The van der Waals surface area contributed by atoms with Crippen molar-refractivity contribution in [2.24, 2.45) is 5.41 Å². The van der Waals surface area contributed by atoms with E-state index in [1.807, 2.05) is 12.1 Å². The van der Waals surface area contributed by atoms with Gasteiger partial charge >= 0.3 is 5.97 Å².